The minimum absolute atomic E-state index is 0.456. The lowest BCUT2D eigenvalue weighted by Crippen LogP contribution is -2.01. The molecule has 0 fully saturated rings. The van der Waals surface area contributed by atoms with Crippen LogP contribution in [-0.4, -0.2) is 23.7 Å². The molecule has 1 aromatic heterocycles. The first-order chi connectivity index (χ1) is 9.58. The first-order valence-corrected chi connectivity index (χ1v) is 6.77. The number of halogens is 1. The molecule has 0 unspecified atom stereocenters. The molecule has 4 nitrogen and oxygen atoms in total. The Morgan fingerprint density at radius 3 is 2.55 bits per heavy atom. The summed E-state index contributed by atoms with van der Waals surface area (Å²) >= 11 is 6.15. The number of rotatable bonds is 4. The Morgan fingerprint density at radius 1 is 1.20 bits per heavy atom. The van der Waals surface area contributed by atoms with E-state index in [0.29, 0.717) is 29.1 Å². The third-order valence-corrected chi connectivity index (χ3v) is 3.43. The average molecular weight is 293 g/mol. The van der Waals surface area contributed by atoms with E-state index < -0.39 is 0 Å². The largest absolute Gasteiger partial charge is 0.493 e. The maximum atomic E-state index is 6.15. The maximum Gasteiger partial charge on any atom is 0.172 e. The van der Waals surface area contributed by atoms with Crippen LogP contribution in [0.3, 0.4) is 0 Å². The Kier molecular flexibility index (Phi) is 4.45. The van der Waals surface area contributed by atoms with Gasteiger partial charge in [-0.25, -0.2) is 9.97 Å². The van der Waals surface area contributed by atoms with Crippen molar-refractivity contribution >= 4 is 11.6 Å². The zero-order chi connectivity index (χ0) is 14.7. The molecule has 2 rings (SSSR count). The van der Waals surface area contributed by atoms with E-state index in [1.165, 1.54) is 0 Å². The van der Waals surface area contributed by atoms with Gasteiger partial charge in [0.1, 0.15) is 5.15 Å². The van der Waals surface area contributed by atoms with Crippen molar-refractivity contribution in [1.29, 1.82) is 0 Å². The van der Waals surface area contributed by atoms with Crippen LogP contribution in [0.1, 0.15) is 18.2 Å². The summed E-state index contributed by atoms with van der Waals surface area (Å²) in [6.45, 7) is 6.26. The molecule has 0 aliphatic carbocycles. The van der Waals surface area contributed by atoms with E-state index in [1.54, 1.807) is 7.11 Å². The summed E-state index contributed by atoms with van der Waals surface area (Å²) in [5, 5.41) is 0.456. The van der Waals surface area contributed by atoms with Crippen molar-refractivity contribution in [3.8, 4) is 22.9 Å². The fourth-order valence-corrected chi connectivity index (χ4v) is 2.08. The van der Waals surface area contributed by atoms with Gasteiger partial charge in [0.2, 0.25) is 0 Å². The molecule has 1 aromatic carbocycles. The molecule has 0 saturated heterocycles. The summed E-state index contributed by atoms with van der Waals surface area (Å²) in [6.07, 6.45) is 0. The molecule has 0 radical (unpaired) electrons. The SMILES string of the molecule is CCOc1c(OC)cccc1-c1nc(C)c(C)c(Cl)n1. The number of benzene rings is 1. The van der Waals surface area contributed by atoms with Gasteiger partial charge in [-0.2, -0.15) is 0 Å². The first kappa shape index (κ1) is 14.6. The molecule has 0 aliphatic rings. The van der Waals surface area contributed by atoms with E-state index >= 15 is 0 Å². The molecular formula is C15H17ClN2O2. The van der Waals surface area contributed by atoms with Crippen LogP contribution in [-0.2, 0) is 0 Å². The normalized spacial score (nSPS) is 10.4. The Labute approximate surface area is 123 Å². The highest BCUT2D eigenvalue weighted by molar-refractivity contribution is 6.30. The molecule has 0 spiro atoms. The van der Waals surface area contributed by atoms with Crippen molar-refractivity contribution in [3.63, 3.8) is 0 Å². The van der Waals surface area contributed by atoms with Crippen LogP contribution in [0.25, 0.3) is 11.4 Å². The standard InChI is InChI=1S/C15H17ClN2O2/c1-5-20-13-11(7-6-8-12(13)19-4)15-17-10(3)9(2)14(16)18-15/h6-8H,5H2,1-4H3. The molecular weight excluding hydrogens is 276 g/mol. The van der Waals surface area contributed by atoms with Crippen molar-refractivity contribution in [2.45, 2.75) is 20.8 Å². The van der Waals surface area contributed by atoms with Gasteiger partial charge in [0.25, 0.3) is 0 Å². The fourth-order valence-electron chi connectivity index (χ4n) is 1.86. The van der Waals surface area contributed by atoms with Crippen LogP contribution >= 0.6 is 11.6 Å². The molecule has 0 saturated carbocycles. The molecule has 0 N–H and O–H groups in total. The van der Waals surface area contributed by atoms with Gasteiger partial charge >= 0.3 is 0 Å². The van der Waals surface area contributed by atoms with Gasteiger partial charge in [-0.1, -0.05) is 17.7 Å². The minimum Gasteiger partial charge on any atom is -0.493 e. The Morgan fingerprint density at radius 2 is 1.95 bits per heavy atom. The van der Waals surface area contributed by atoms with Crippen LogP contribution in [0.2, 0.25) is 5.15 Å². The van der Waals surface area contributed by atoms with E-state index in [4.69, 9.17) is 21.1 Å². The Balaban J connectivity index is 2.63. The molecule has 106 valence electrons. The third kappa shape index (κ3) is 2.70. The van der Waals surface area contributed by atoms with Crippen molar-refractivity contribution in [1.82, 2.24) is 9.97 Å². The molecule has 0 aliphatic heterocycles. The van der Waals surface area contributed by atoms with Crippen molar-refractivity contribution in [3.05, 3.63) is 34.6 Å². The zero-order valence-electron chi connectivity index (χ0n) is 12.0. The van der Waals surface area contributed by atoms with E-state index in [9.17, 15) is 0 Å². The van der Waals surface area contributed by atoms with Crippen LogP contribution in [0.15, 0.2) is 18.2 Å². The van der Waals surface area contributed by atoms with Gasteiger partial charge in [-0.15, -0.1) is 0 Å². The number of aromatic nitrogens is 2. The summed E-state index contributed by atoms with van der Waals surface area (Å²) in [7, 11) is 1.61. The quantitative estimate of drug-likeness (QED) is 0.804. The molecule has 0 bridgehead atoms. The summed E-state index contributed by atoms with van der Waals surface area (Å²) in [6, 6.07) is 5.62. The third-order valence-electron chi connectivity index (χ3n) is 3.06. The van der Waals surface area contributed by atoms with Gasteiger partial charge in [0, 0.05) is 11.3 Å². The molecule has 2 aromatic rings. The number of methoxy groups -OCH3 is 1. The monoisotopic (exact) mass is 292 g/mol. The van der Waals surface area contributed by atoms with Crippen LogP contribution in [0.4, 0.5) is 0 Å². The predicted molar refractivity (Wildman–Crippen MR) is 79.7 cm³/mol. The van der Waals surface area contributed by atoms with Gasteiger partial charge in [-0.3, -0.25) is 0 Å². The Hall–Kier alpha value is -1.81. The van der Waals surface area contributed by atoms with Crippen LogP contribution < -0.4 is 9.47 Å². The second-order valence-corrected chi connectivity index (χ2v) is 4.68. The van der Waals surface area contributed by atoms with Gasteiger partial charge in [-0.05, 0) is 32.9 Å². The average Bonchev–Trinajstić information content (AvgIpc) is 2.44. The van der Waals surface area contributed by atoms with E-state index in [0.717, 1.165) is 16.8 Å². The minimum atomic E-state index is 0.456. The highest BCUT2D eigenvalue weighted by Gasteiger charge is 2.16. The van der Waals surface area contributed by atoms with Crippen molar-refractivity contribution in [2.75, 3.05) is 13.7 Å². The fraction of sp³-hybridized carbons (Fsp3) is 0.333. The lowest BCUT2D eigenvalue weighted by molar-refractivity contribution is 0.312. The topological polar surface area (TPSA) is 44.2 Å². The van der Waals surface area contributed by atoms with Gasteiger partial charge < -0.3 is 9.47 Å². The summed E-state index contributed by atoms with van der Waals surface area (Å²) in [5.41, 5.74) is 2.51. The number of ether oxygens (including phenoxy) is 2. The highest BCUT2D eigenvalue weighted by atomic mass is 35.5. The van der Waals surface area contributed by atoms with Crippen molar-refractivity contribution < 1.29 is 9.47 Å². The van der Waals surface area contributed by atoms with Crippen molar-refractivity contribution in [2.24, 2.45) is 0 Å². The van der Waals surface area contributed by atoms with E-state index in [1.807, 2.05) is 39.0 Å². The molecule has 0 atom stereocenters. The first-order valence-electron chi connectivity index (χ1n) is 6.39. The van der Waals surface area contributed by atoms with E-state index in [-0.39, 0.29) is 0 Å². The Bertz CT molecular complexity index is 606. The van der Waals surface area contributed by atoms with Crippen LogP contribution in [0, 0.1) is 13.8 Å². The summed E-state index contributed by atoms with van der Waals surface area (Å²) in [4.78, 5) is 8.83. The van der Waals surface area contributed by atoms with Crippen LogP contribution in [0.5, 0.6) is 11.5 Å². The molecule has 0 amide bonds. The number of nitrogens with zero attached hydrogens (tertiary/aromatic N) is 2. The van der Waals surface area contributed by atoms with Gasteiger partial charge in [0.15, 0.2) is 17.3 Å². The number of para-hydroxylation sites is 1. The summed E-state index contributed by atoms with van der Waals surface area (Å²) < 4.78 is 11.0. The second kappa shape index (κ2) is 6.09. The number of aryl methyl sites for hydroxylation is 1. The van der Waals surface area contributed by atoms with E-state index in [2.05, 4.69) is 9.97 Å². The molecule has 5 heteroatoms. The second-order valence-electron chi connectivity index (χ2n) is 4.32. The van der Waals surface area contributed by atoms with Gasteiger partial charge in [0.05, 0.1) is 19.3 Å². The predicted octanol–water partition coefficient (Wildman–Crippen LogP) is 3.82. The zero-order valence-corrected chi connectivity index (χ0v) is 12.8. The maximum absolute atomic E-state index is 6.15. The highest BCUT2D eigenvalue weighted by Crippen LogP contribution is 2.37. The smallest absolute Gasteiger partial charge is 0.172 e. The summed E-state index contributed by atoms with van der Waals surface area (Å²) in [5.74, 6) is 1.83. The number of hydrogen-bond acceptors (Lipinski definition) is 4. The molecule has 1 heterocycles. The number of hydrogen-bond donors (Lipinski definition) is 0. The lowest BCUT2D eigenvalue weighted by atomic mass is 10.1. The molecule has 20 heavy (non-hydrogen) atoms. The lowest BCUT2D eigenvalue weighted by Gasteiger charge is -2.14.